The van der Waals surface area contributed by atoms with Gasteiger partial charge in [-0.3, -0.25) is 19.7 Å². The molecule has 1 heterocycles. The number of carbonyl (C=O) groups is 2. The smallest absolute Gasteiger partial charge is 0.271 e. The molecule has 30 heavy (non-hydrogen) atoms. The van der Waals surface area contributed by atoms with Crippen LogP contribution in [-0.2, 0) is 0 Å². The normalized spacial score (nSPS) is 10.4. The van der Waals surface area contributed by atoms with Crippen molar-refractivity contribution in [2.24, 2.45) is 0 Å². The van der Waals surface area contributed by atoms with Gasteiger partial charge in [0, 0.05) is 37.0 Å². The summed E-state index contributed by atoms with van der Waals surface area (Å²) in [5, 5.41) is 29.8. The minimum atomic E-state index is -0.500. The van der Waals surface area contributed by atoms with E-state index in [0.29, 0.717) is 30.8 Å². The van der Waals surface area contributed by atoms with E-state index in [4.69, 9.17) is 0 Å². The van der Waals surface area contributed by atoms with Gasteiger partial charge < -0.3 is 15.7 Å². The van der Waals surface area contributed by atoms with Crippen LogP contribution in [0.4, 0.5) is 5.69 Å². The van der Waals surface area contributed by atoms with E-state index in [1.165, 1.54) is 35.0 Å². The zero-order chi connectivity index (χ0) is 21.5. The number of phenols is 1. The van der Waals surface area contributed by atoms with Crippen molar-refractivity contribution in [1.29, 1.82) is 0 Å². The minimum absolute atomic E-state index is 0.0134. The molecule has 0 saturated carbocycles. The van der Waals surface area contributed by atoms with E-state index in [1.807, 2.05) is 0 Å². The zero-order valence-corrected chi connectivity index (χ0v) is 15.8. The van der Waals surface area contributed by atoms with Crippen molar-refractivity contribution >= 4 is 17.5 Å². The molecule has 3 rings (SSSR count). The summed E-state index contributed by atoms with van der Waals surface area (Å²) in [6, 6.07) is 13.5. The average Bonchev–Trinajstić information content (AvgIpc) is 3.24. The van der Waals surface area contributed by atoms with Crippen LogP contribution in [0.1, 0.15) is 27.3 Å². The third-order valence-corrected chi connectivity index (χ3v) is 4.16. The van der Waals surface area contributed by atoms with Crippen LogP contribution in [0.3, 0.4) is 0 Å². The first-order valence-corrected chi connectivity index (χ1v) is 9.10. The molecule has 2 aromatic carbocycles. The van der Waals surface area contributed by atoms with Crippen LogP contribution in [0.15, 0.2) is 60.8 Å². The molecule has 0 fully saturated rings. The molecule has 2 amide bonds. The number of amides is 2. The Morgan fingerprint density at radius 2 is 1.77 bits per heavy atom. The Balaban J connectivity index is 1.46. The van der Waals surface area contributed by atoms with Crippen molar-refractivity contribution in [1.82, 2.24) is 20.4 Å². The Hall–Kier alpha value is -4.21. The lowest BCUT2D eigenvalue weighted by Gasteiger charge is -2.06. The second kappa shape index (κ2) is 9.32. The maximum atomic E-state index is 12.2. The first kappa shape index (κ1) is 20.5. The Morgan fingerprint density at radius 3 is 2.50 bits per heavy atom. The van der Waals surface area contributed by atoms with Crippen molar-refractivity contribution < 1.29 is 19.6 Å². The Kier molecular flexibility index (Phi) is 6.38. The van der Waals surface area contributed by atoms with E-state index >= 15 is 0 Å². The zero-order valence-electron chi connectivity index (χ0n) is 15.8. The molecule has 0 bridgehead atoms. The number of aromatic nitrogens is 2. The van der Waals surface area contributed by atoms with Gasteiger partial charge in [-0.1, -0.05) is 12.1 Å². The second-order valence-electron chi connectivity index (χ2n) is 6.34. The molecule has 0 saturated heterocycles. The highest BCUT2D eigenvalue weighted by molar-refractivity contribution is 5.94. The lowest BCUT2D eigenvalue weighted by molar-refractivity contribution is -0.384. The summed E-state index contributed by atoms with van der Waals surface area (Å²) in [7, 11) is 0. The maximum absolute atomic E-state index is 12.2. The summed E-state index contributed by atoms with van der Waals surface area (Å²) in [5.74, 6) is -0.689. The number of rotatable bonds is 8. The molecule has 10 nitrogen and oxygen atoms in total. The summed E-state index contributed by atoms with van der Waals surface area (Å²) < 4.78 is 1.39. The summed E-state index contributed by atoms with van der Waals surface area (Å²) in [6.07, 6.45) is 2.05. The van der Waals surface area contributed by atoms with Crippen LogP contribution in [0.2, 0.25) is 0 Å². The Bertz CT molecular complexity index is 1080. The lowest BCUT2D eigenvalue weighted by atomic mass is 10.2. The molecule has 0 aliphatic carbocycles. The minimum Gasteiger partial charge on any atom is -0.508 e. The molecular formula is C20H19N5O5. The van der Waals surface area contributed by atoms with Gasteiger partial charge in [0.05, 0.1) is 10.6 Å². The molecule has 0 unspecified atom stereocenters. The highest BCUT2D eigenvalue weighted by atomic mass is 16.6. The van der Waals surface area contributed by atoms with Crippen LogP contribution in [0.5, 0.6) is 5.75 Å². The lowest BCUT2D eigenvalue weighted by Crippen LogP contribution is -2.30. The number of nitro benzene ring substituents is 1. The standard InChI is InChI=1S/C20H19N5O5/c26-17-7-1-4-14(12-17)19(27)21-9-3-10-22-20(28)18-8-11-24(23-18)15-5-2-6-16(13-15)25(29)30/h1-2,4-8,11-13,26H,3,9-10H2,(H,21,27)(H,22,28). The van der Waals surface area contributed by atoms with Crippen LogP contribution < -0.4 is 10.6 Å². The molecule has 0 atom stereocenters. The van der Waals surface area contributed by atoms with Crippen molar-refractivity contribution in [3.05, 3.63) is 82.2 Å². The van der Waals surface area contributed by atoms with Gasteiger partial charge in [-0.05, 0) is 36.8 Å². The highest BCUT2D eigenvalue weighted by Gasteiger charge is 2.12. The number of hydrogen-bond donors (Lipinski definition) is 3. The molecule has 0 aliphatic rings. The fourth-order valence-corrected chi connectivity index (χ4v) is 2.67. The number of nitro groups is 1. The third-order valence-electron chi connectivity index (χ3n) is 4.16. The molecule has 3 aromatic rings. The quantitative estimate of drug-likeness (QED) is 0.295. The third kappa shape index (κ3) is 5.19. The fraction of sp³-hybridized carbons (Fsp3) is 0.150. The monoisotopic (exact) mass is 409 g/mol. The summed E-state index contributed by atoms with van der Waals surface area (Å²) in [4.78, 5) is 34.5. The van der Waals surface area contributed by atoms with Crippen molar-refractivity contribution in [2.75, 3.05) is 13.1 Å². The molecule has 0 spiro atoms. The van der Waals surface area contributed by atoms with Gasteiger partial charge in [0.1, 0.15) is 5.75 Å². The summed E-state index contributed by atoms with van der Waals surface area (Å²) >= 11 is 0. The number of non-ortho nitro benzene ring substituents is 1. The van der Waals surface area contributed by atoms with E-state index in [1.54, 1.807) is 30.5 Å². The molecule has 0 aliphatic heterocycles. The van der Waals surface area contributed by atoms with Gasteiger partial charge in [-0.2, -0.15) is 5.10 Å². The molecular weight excluding hydrogens is 390 g/mol. The van der Waals surface area contributed by atoms with Gasteiger partial charge >= 0.3 is 0 Å². The molecule has 10 heteroatoms. The second-order valence-corrected chi connectivity index (χ2v) is 6.34. The van der Waals surface area contributed by atoms with Crippen molar-refractivity contribution in [3.8, 4) is 11.4 Å². The van der Waals surface area contributed by atoms with Gasteiger partial charge in [-0.15, -0.1) is 0 Å². The van der Waals surface area contributed by atoms with Gasteiger partial charge in [0.2, 0.25) is 0 Å². The van der Waals surface area contributed by atoms with Crippen LogP contribution >= 0.6 is 0 Å². The topological polar surface area (TPSA) is 139 Å². The number of nitrogens with zero attached hydrogens (tertiary/aromatic N) is 3. The SMILES string of the molecule is O=C(NCCCNC(=O)c1ccn(-c2cccc([N+](=O)[O-])c2)n1)c1cccc(O)c1. The van der Waals surface area contributed by atoms with Crippen LogP contribution in [-0.4, -0.2) is 44.7 Å². The predicted molar refractivity (Wildman–Crippen MR) is 108 cm³/mol. The molecule has 3 N–H and O–H groups in total. The maximum Gasteiger partial charge on any atom is 0.271 e. The van der Waals surface area contributed by atoms with E-state index in [9.17, 15) is 24.8 Å². The van der Waals surface area contributed by atoms with Gasteiger partial charge in [0.15, 0.2) is 5.69 Å². The molecule has 0 radical (unpaired) electrons. The number of carbonyl (C=O) groups excluding carboxylic acids is 2. The predicted octanol–water partition coefficient (Wildman–Crippen LogP) is 2.04. The average molecular weight is 409 g/mol. The number of nitrogens with one attached hydrogen (secondary N) is 2. The highest BCUT2D eigenvalue weighted by Crippen LogP contribution is 2.16. The summed E-state index contributed by atoms with van der Waals surface area (Å²) in [5.41, 5.74) is 0.927. The van der Waals surface area contributed by atoms with E-state index in [2.05, 4.69) is 15.7 Å². The number of hydrogen-bond acceptors (Lipinski definition) is 6. The van der Waals surface area contributed by atoms with Gasteiger partial charge in [0.25, 0.3) is 17.5 Å². The number of aromatic hydroxyl groups is 1. The molecule has 154 valence electrons. The van der Waals surface area contributed by atoms with E-state index in [0.717, 1.165) is 0 Å². The van der Waals surface area contributed by atoms with E-state index < -0.39 is 10.8 Å². The van der Waals surface area contributed by atoms with Crippen molar-refractivity contribution in [3.63, 3.8) is 0 Å². The van der Waals surface area contributed by atoms with Crippen molar-refractivity contribution in [2.45, 2.75) is 6.42 Å². The fourth-order valence-electron chi connectivity index (χ4n) is 2.67. The van der Waals surface area contributed by atoms with Crippen LogP contribution in [0.25, 0.3) is 5.69 Å². The Morgan fingerprint density at radius 1 is 1.03 bits per heavy atom. The summed E-state index contributed by atoms with van der Waals surface area (Å²) in [6.45, 7) is 0.666. The Labute approximate surface area is 171 Å². The van der Waals surface area contributed by atoms with Gasteiger partial charge in [-0.25, -0.2) is 4.68 Å². The number of benzene rings is 2. The van der Waals surface area contributed by atoms with E-state index in [-0.39, 0.29) is 23.0 Å². The van der Waals surface area contributed by atoms with Crippen LogP contribution in [0, 0.1) is 10.1 Å². The molecule has 1 aromatic heterocycles. The number of phenolic OH excluding ortho intramolecular Hbond substituents is 1. The largest absolute Gasteiger partial charge is 0.508 e. The first-order chi connectivity index (χ1) is 14.4. The first-order valence-electron chi connectivity index (χ1n) is 9.10.